The highest BCUT2D eigenvalue weighted by atomic mass is 32.2. The molecule has 124 valence electrons. The van der Waals surface area contributed by atoms with Gasteiger partial charge in [-0.15, -0.1) is 0 Å². The predicted octanol–water partition coefficient (Wildman–Crippen LogP) is 3.43. The molecule has 0 radical (unpaired) electrons. The van der Waals surface area contributed by atoms with Gasteiger partial charge in [-0.05, 0) is 32.0 Å². The van der Waals surface area contributed by atoms with E-state index in [-0.39, 0.29) is 11.7 Å². The van der Waals surface area contributed by atoms with Crippen LogP contribution in [0.15, 0.2) is 52.4 Å². The maximum Gasteiger partial charge on any atom is 0.240 e. The molecule has 1 atom stereocenters. The normalized spacial score (nSPS) is 12.1. The number of thioether (sulfide) groups is 1. The first kappa shape index (κ1) is 16.3. The van der Waals surface area contributed by atoms with Crippen LogP contribution >= 0.6 is 11.8 Å². The van der Waals surface area contributed by atoms with Gasteiger partial charge in [0.15, 0.2) is 5.16 Å². The van der Waals surface area contributed by atoms with Crippen molar-refractivity contribution in [1.29, 1.82) is 0 Å². The molecule has 1 unspecified atom stereocenters. The molecule has 8 heteroatoms. The van der Waals surface area contributed by atoms with Crippen molar-refractivity contribution in [3.63, 3.8) is 0 Å². The first-order valence-electron chi connectivity index (χ1n) is 7.23. The highest BCUT2D eigenvalue weighted by Crippen LogP contribution is 2.25. The summed E-state index contributed by atoms with van der Waals surface area (Å²) in [4.78, 5) is 16.5. The van der Waals surface area contributed by atoms with Crippen LogP contribution in [0.4, 0.5) is 10.3 Å². The van der Waals surface area contributed by atoms with Crippen LogP contribution in [-0.2, 0) is 4.79 Å². The van der Waals surface area contributed by atoms with E-state index in [1.54, 1.807) is 49.0 Å². The number of aromatic nitrogens is 3. The third kappa shape index (κ3) is 3.65. The molecular formula is C16H15FN4O2S. The number of carbonyl (C=O) groups is 1. The van der Waals surface area contributed by atoms with E-state index in [9.17, 15) is 9.18 Å². The molecule has 0 aliphatic carbocycles. The average Bonchev–Trinajstić information content (AvgIpc) is 3.16. The minimum absolute atomic E-state index is 0.232. The standard InChI is InChI=1S/C16H15FN4O2S/c1-10-8-14(23-20-10)19-15(22)11(2)24-16-18-6-7-21(16)13-5-3-4-12(17)9-13/h3-9,11H,1-2H3,(H,19,22). The molecule has 0 aliphatic rings. The lowest BCUT2D eigenvalue weighted by molar-refractivity contribution is -0.115. The number of aryl methyl sites for hydroxylation is 1. The number of nitrogens with zero attached hydrogens (tertiary/aromatic N) is 3. The maximum absolute atomic E-state index is 13.4. The molecule has 0 spiro atoms. The van der Waals surface area contributed by atoms with Crippen LogP contribution in [0.25, 0.3) is 5.69 Å². The van der Waals surface area contributed by atoms with Crippen LogP contribution in [0.5, 0.6) is 0 Å². The fraction of sp³-hybridized carbons (Fsp3) is 0.188. The number of benzene rings is 1. The van der Waals surface area contributed by atoms with Crippen LogP contribution < -0.4 is 5.32 Å². The lowest BCUT2D eigenvalue weighted by Crippen LogP contribution is -2.22. The fourth-order valence-corrected chi connectivity index (χ4v) is 2.94. The number of carbonyl (C=O) groups excluding carboxylic acids is 1. The van der Waals surface area contributed by atoms with E-state index in [0.717, 1.165) is 0 Å². The minimum atomic E-state index is -0.426. The van der Waals surface area contributed by atoms with Gasteiger partial charge in [0.2, 0.25) is 11.8 Å². The molecule has 6 nitrogen and oxygen atoms in total. The molecule has 3 rings (SSSR count). The summed E-state index contributed by atoms with van der Waals surface area (Å²) < 4.78 is 20.1. The van der Waals surface area contributed by atoms with Gasteiger partial charge < -0.3 is 4.52 Å². The third-order valence-electron chi connectivity index (χ3n) is 3.22. The van der Waals surface area contributed by atoms with Crippen LogP contribution in [0.2, 0.25) is 0 Å². The zero-order valence-corrected chi connectivity index (χ0v) is 13.9. The zero-order chi connectivity index (χ0) is 17.1. The topological polar surface area (TPSA) is 73.0 Å². The summed E-state index contributed by atoms with van der Waals surface area (Å²) in [6, 6.07) is 7.83. The maximum atomic E-state index is 13.4. The molecule has 0 bridgehead atoms. The van der Waals surface area contributed by atoms with Crippen LogP contribution in [0.3, 0.4) is 0 Å². The van der Waals surface area contributed by atoms with Gasteiger partial charge in [-0.25, -0.2) is 9.37 Å². The Labute approximate surface area is 142 Å². The Morgan fingerprint density at radius 3 is 2.96 bits per heavy atom. The Morgan fingerprint density at radius 1 is 1.42 bits per heavy atom. The van der Waals surface area contributed by atoms with Crippen LogP contribution in [0, 0.1) is 12.7 Å². The predicted molar refractivity (Wildman–Crippen MR) is 88.7 cm³/mol. The molecule has 0 fully saturated rings. The molecule has 2 heterocycles. The van der Waals surface area contributed by atoms with Gasteiger partial charge >= 0.3 is 0 Å². The summed E-state index contributed by atoms with van der Waals surface area (Å²) in [5.41, 5.74) is 1.33. The smallest absolute Gasteiger partial charge is 0.240 e. The minimum Gasteiger partial charge on any atom is -0.338 e. The Kier molecular flexibility index (Phi) is 4.66. The van der Waals surface area contributed by atoms with E-state index in [2.05, 4.69) is 15.5 Å². The van der Waals surface area contributed by atoms with Crippen LogP contribution in [0.1, 0.15) is 12.6 Å². The van der Waals surface area contributed by atoms with Gasteiger partial charge in [0.05, 0.1) is 16.6 Å². The highest BCUT2D eigenvalue weighted by Gasteiger charge is 2.19. The van der Waals surface area contributed by atoms with Crippen molar-refractivity contribution >= 4 is 23.6 Å². The van der Waals surface area contributed by atoms with Gasteiger partial charge in [0, 0.05) is 18.5 Å². The summed E-state index contributed by atoms with van der Waals surface area (Å²) in [5, 5.41) is 6.54. The van der Waals surface area contributed by atoms with Crippen molar-refractivity contribution in [2.75, 3.05) is 5.32 Å². The molecule has 1 N–H and O–H groups in total. The Balaban J connectivity index is 1.72. The number of rotatable bonds is 5. The second-order valence-corrected chi connectivity index (χ2v) is 6.45. The molecule has 3 aromatic rings. The first-order chi connectivity index (χ1) is 11.5. The number of imidazole rings is 1. The van der Waals surface area contributed by atoms with E-state index in [0.29, 0.717) is 22.4 Å². The molecule has 0 saturated heterocycles. The first-order valence-corrected chi connectivity index (χ1v) is 8.11. The van der Waals surface area contributed by atoms with Gasteiger partial charge in [-0.2, -0.15) is 0 Å². The summed E-state index contributed by atoms with van der Waals surface area (Å²) >= 11 is 1.27. The number of hydrogen-bond donors (Lipinski definition) is 1. The Morgan fingerprint density at radius 2 is 2.25 bits per heavy atom. The molecular weight excluding hydrogens is 331 g/mol. The second kappa shape index (κ2) is 6.88. The summed E-state index contributed by atoms with van der Waals surface area (Å²) in [7, 11) is 0. The number of halogens is 1. The third-order valence-corrected chi connectivity index (χ3v) is 4.30. The summed E-state index contributed by atoms with van der Waals surface area (Å²) in [6.07, 6.45) is 3.33. The molecule has 0 aliphatic heterocycles. The quantitative estimate of drug-likeness (QED) is 0.717. The number of anilines is 1. The van der Waals surface area contributed by atoms with Gasteiger partial charge in [-0.3, -0.25) is 14.7 Å². The Hall–Kier alpha value is -2.61. The number of hydrogen-bond acceptors (Lipinski definition) is 5. The van der Waals surface area contributed by atoms with E-state index in [4.69, 9.17) is 4.52 Å². The molecule has 1 aromatic carbocycles. The number of nitrogens with one attached hydrogen (secondary N) is 1. The average molecular weight is 346 g/mol. The molecule has 24 heavy (non-hydrogen) atoms. The van der Waals surface area contributed by atoms with Crippen molar-refractivity contribution in [2.45, 2.75) is 24.3 Å². The van der Waals surface area contributed by atoms with Gasteiger partial charge in [0.1, 0.15) is 5.82 Å². The summed E-state index contributed by atoms with van der Waals surface area (Å²) in [6.45, 7) is 3.53. The van der Waals surface area contributed by atoms with Gasteiger partial charge in [0.25, 0.3) is 0 Å². The molecule has 1 amide bonds. The summed E-state index contributed by atoms with van der Waals surface area (Å²) in [5.74, 6) is -0.257. The largest absolute Gasteiger partial charge is 0.338 e. The van der Waals surface area contributed by atoms with Crippen LogP contribution in [-0.4, -0.2) is 25.9 Å². The van der Waals surface area contributed by atoms with E-state index < -0.39 is 5.25 Å². The van der Waals surface area contributed by atoms with Gasteiger partial charge in [-0.1, -0.05) is 23.0 Å². The number of amides is 1. The highest BCUT2D eigenvalue weighted by molar-refractivity contribution is 8.00. The fourth-order valence-electron chi connectivity index (χ4n) is 2.06. The SMILES string of the molecule is Cc1cc(NC(=O)C(C)Sc2nccn2-c2cccc(F)c2)on1. The van der Waals surface area contributed by atoms with Crippen molar-refractivity contribution in [3.8, 4) is 5.69 Å². The van der Waals surface area contributed by atoms with Crippen molar-refractivity contribution < 1.29 is 13.7 Å². The van der Waals surface area contributed by atoms with Crippen molar-refractivity contribution in [1.82, 2.24) is 14.7 Å². The lowest BCUT2D eigenvalue weighted by Gasteiger charge is -2.12. The zero-order valence-electron chi connectivity index (χ0n) is 13.1. The van der Waals surface area contributed by atoms with E-state index >= 15 is 0 Å². The molecule has 0 saturated carbocycles. The van der Waals surface area contributed by atoms with Crippen molar-refractivity contribution in [3.05, 3.63) is 54.2 Å². The second-order valence-electron chi connectivity index (χ2n) is 5.14. The van der Waals surface area contributed by atoms with Crippen molar-refractivity contribution in [2.24, 2.45) is 0 Å². The lowest BCUT2D eigenvalue weighted by atomic mass is 10.3. The van der Waals surface area contributed by atoms with E-state index in [1.165, 1.54) is 23.9 Å². The Bertz CT molecular complexity index is 861. The van der Waals surface area contributed by atoms with E-state index in [1.807, 2.05) is 0 Å². The molecule has 2 aromatic heterocycles. The monoisotopic (exact) mass is 346 g/mol.